The number of aryl methyl sites for hydroxylation is 1. The van der Waals surface area contributed by atoms with Crippen LogP contribution in [0.25, 0.3) is 0 Å². The Kier molecular flexibility index (Phi) is 4.37. The van der Waals surface area contributed by atoms with Crippen LogP contribution in [0.5, 0.6) is 0 Å². The van der Waals surface area contributed by atoms with Gasteiger partial charge in [0, 0.05) is 6.20 Å². The summed E-state index contributed by atoms with van der Waals surface area (Å²) in [4.78, 5) is 19.8. The number of carbonyl (C=O) groups excluding carboxylic acids is 1. The maximum absolute atomic E-state index is 12.1. The van der Waals surface area contributed by atoms with E-state index in [1.54, 1.807) is 13.8 Å². The van der Waals surface area contributed by atoms with Gasteiger partial charge < -0.3 is 4.74 Å². The van der Waals surface area contributed by atoms with Crippen LogP contribution < -0.4 is 0 Å². The lowest BCUT2D eigenvalue weighted by molar-refractivity contribution is 0.0524. The first-order chi connectivity index (χ1) is 9.41. The fourth-order valence-corrected chi connectivity index (χ4v) is 3.72. The standard InChI is InChI=1S/C13H18N2O4S/c1-3-19-13(16)11-6-14-9(2)15-12(11)8-20(17,18)7-10-4-5-10/h6,10H,3-5,7-8H2,1-2H3. The summed E-state index contributed by atoms with van der Waals surface area (Å²) in [6.45, 7) is 3.57. The zero-order valence-electron chi connectivity index (χ0n) is 11.6. The van der Waals surface area contributed by atoms with Crippen molar-refractivity contribution in [2.24, 2.45) is 5.92 Å². The zero-order valence-corrected chi connectivity index (χ0v) is 12.4. The van der Waals surface area contributed by atoms with E-state index in [2.05, 4.69) is 9.97 Å². The third-order valence-electron chi connectivity index (χ3n) is 3.03. The van der Waals surface area contributed by atoms with Gasteiger partial charge in [-0.3, -0.25) is 0 Å². The van der Waals surface area contributed by atoms with Gasteiger partial charge in [-0.05, 0) is 32.6 Å². The van der Waals surface area contributed by atoms with E-state index in [-0.39, 0.29) is 35.3 Å². The highest BCUT2D eigenvalue weighted by atomic mass is 32.2. The molecule has 2 rings (SSSR count). The summed E-state index contributed by atoms with van der Waals surface area (Å²) in [6, 6.07) is 0. The van der Waals surface area contributed by atoms with E-state index in [0.29, 0.717) is 5.82 Å². The summed E-state index contributed by atoms with van der Waals surface area (Å²) in [6.07, 6.45) is 3.27. The molecule has 0 unspecified atom stereocenters. The molecule has 1 aromatic heterocycles. The Balaban J connectivity index is 2.24. The smallest absolute Gasteiger partial charge is 0.341 e. The molecule has 20 heavy (non-hydrogen) atoms. The predicted molar refractivity (Wildman–Crippen MR) is 72.9 cm³/mol. The Morgan fingerprint density at radius 3 is 2.75 bits per heavy atom. The number of ether oxygens (including phenoxy) is 1. The third-order valence-corrected chi connectivity index (χ3v) is 4.72. The molecular weight excluding hydrogens is 280 g/mol. The van der Waals surface area contributed by atoms with Crippen LogP contribution in [0.3, 0.4) is 0 Å². The highest BCUT2D eigenvalue weighted by molar-refractivity contribution is 7.90. The molecule has 6 nitrogen and oxygen atoms in total. The van der Waals surface area contributed by atoms with E-state index < -0.39 is 15.8 Å². The monoisotopic (exact) mass is 298 g/mol. The van der Waals surface area contributed by atoms with Gasteiger partial charge in [0.2, 0.25) is 0 Å². The van der Waals surface area contributed by atoms with Crippen molar-refractivity contribution >= 4 is 15.8 Å². The minimum absolute atomic E-state index is 0.136. The molecule has 0 bridgehead atoms. The van der Waals surface area contributed by atoms with Crippen LogP contribution in [0.2, 0.25) is 0 Å². The van der Waals surface area contributed by atoms with Crippen LogP contribution in [-0.4, -0.2) is 36.7 Å². The van der Waals surface area contributed by atoms with Crippen molar-refractivity contribution in [3.05, 3.63) is 23.3 Å². The molecule has 0 amide bonds. The van der Waals surface area contributed by atoms with Gasteiger partial charge in [-0.15, -0.1) is 0 Å². The van der Waals surface area contributed by atoms with E-state index in [1.165, 1.54) is 6.20 Å². The van der Waals surface area contributed by atoms with Crippen LogP contribution in [0.1, 0.15) is 41.6 Å². The van der Waals surface area contributed by atoms with Crippen molar-refractivity contribution in [3.63, 3.8) is 0 Å². The van der Waals surface area contributed by atoms with Gasteiger partial charge in [0.1, 0.15) is 11.4 Å². The largest absolute Gasteiger partial charge is 0.462 e. The summed E-state index contributed by atoms with van der Waals surface area (Å²) in [7, 11) is -3.26. The van der Waals surface area contributed by atoms with Gasteiger partial charge in [-0.1, -0.05) is 0 Å². The summed E-state index contributed by atoms with van der Waals surface area (Å²) in [5, 5.41) is 0. The molecule has 1 aliphatic carbocycles. The Hall–Kier alpha value is -1.50. The molecule has 0 saturated heterocycles. The van der Waals surface area contributed by atoms with Crippen LogP contribution in [-0.2, 0) is 20.3 Å². The van der Waals surface area contributed by atoms with Gasteiger partial charge in [-0.2, -0.15) is 0 Å². The first-order valence-corrected chi connectivity index (χ1v) is 8.43. The lowest BCUT2D eigenvalue weighted by atomic mass is 10.2. The fourth-order valence-electron chi connectivity index (χ4n) is 1.92. The Morgan fingerprint density at radius 2 is 2.15 bits per heavy atom. The van der Waals surface area contributed by atoms with Crippen LogP contribution in [0.15, 0.2) is 6.20 Å². The Morgan fingerprint density at radius 1 is 1.45 bits per heavy atom. The first kappa shape index (κ1) is 14.9. The van der Waals surface area contributed by atoms with Crippen molar-refractivity contribution < 1.29 is 17.9 Å². The number of aromatic nitrogens is 2. The summed E-state index contributed by atoms with van der Waals surface area (Å²) in [5.74, 6) is 0.0621. The van der Waals surface area contributed by atoms with Gasteiger partial charge in [0.25, 0.3) is 0 Å². The Labute approximate surface area is 118 Å². The zero-order chi connectivity index (χ0) is 14.8. The van der Waals surface area contributed by atoms with Crippen molar-refractivity contribution in [3.8, 4) is 0 Å². The van der Waals surface area contributed by atoms with Crippen LogP contribution in [0, 0.1) is 12.8 Å². The van der Waals surface area contributed by atoms with Crippen molar-refractivity contribution in [1.82, 2.24) is 9.97 Å². The van der Waals surface area contributed by atoms with Gasteiger partial charge in [0.05, 0.1) is 23.8 Å². The van der Waals surface area contributed by atoms with Gasteiger partial charge >= 0.3 is 5.97 Å². The number of nitrogens with zero attached hydrogens (tertiary/aromatic N) is 2. The third kappa shape index (κ3) is 4.00. The number of hydrogen-bond acceptors (Lipinski definition) is 6. The van der Waals surface area contributed by atoms with Gasteiger partial charge in [-0.25, -0.2) is 23.2 Å². The van der Waals surface area contributed by atoms with Crippen molar-refractivity contribution in [2.75, 3.05) is 12.4 Å². The maximum atomic E-state index is 12.1. The molecule has 1 saturated carbocycles. The molecule has 7 heteroatoms. The molecule has 0 N–H and O–H groups in total. The molecule has 1 fully saturated rings. The van der Waals surface area contributed by atoms with E-state index >= 15 is 0 Å². The predicted octanol–water partition coefficient (Wildman–Crippen LogP) is 1.29. The average molecular weight is 298 g/mol. The molecule has 1 aromatic rings. The van der Waals surface area contributed by atoms with E-state index in [4.69, 9.17) is 4.74 Å². The molecule has 1 aliphatic rings. The lowest BCUT2D eigenvalue weighted by Crippen LogP contribution is -2.17. The number of rotatable bonds is 6. The molecule has 0 aromatic carbocycles. The Bertz CT molecular complexity index is 609. The molecule has 0 aliphatic heterocycles. The highest BCUT2D eigenvalue weighted by Gasteiger charge is 2.29. The van der Waals surface area contributed by atoms with E-state index in [9.17, 15) is 13.2 Å². The van der Waals surface area contributed by atoms with Gasteiger partial charge in [0.15, 0.2) is 9.84 Å². The highest BCUT2D eigenvalue weighted by Crippen LogP contribution is 2.31. The van der Waals surface area contributed by atoms with Crippen LogP contribution in [0.4, 0.5) is 0 Å². The quantitative estimate of drug-likeness (QED) is 0.735. The topological polar surface area (TPSA) is 86.2 Å². The van der Waals surface area contributed by atoms with Crippen molar-refractivity contribution in [1.29, 1.82) is 0 Å². The van der Waals surface area contributed by atoms with E-state index in [0.717, 1.165) is 12.8 Å². The molecule has 0 spiro atoms. The number of hydrogen-bond donors (Lipinski definition) is 0. The number of carbonyl (C=O) groups is 1. The maximum Gasteiger partial charge on any atom is 0.341 e. The SMILES string of the molecule is CCOC(=O)c1cnc(C)nc1CS(=O)(=O)CC1CC1. The number of esters is 1. The van der Waals surface area contributed by atoms with E-state index in [1.807, 2.05) is 0 Å². The summed E-state index contributed by atoms with van der Waals surface area (Å²) in [5.41, 5.74) is 0.369. The normalized spacial score (nSPS) is 15.1. The second-order valence-electron chi connectivity index (χ2n) is 5.00. The lowest BCUT2D eigenvalue weighted by Gasteiger charge is -2.09. The fraction of sp³-hybridized carbons (Fsp3) is 0.615. The number of sulfone groups is 1. The second kappa shape index (κ2) is 5.87. The van der Waals surface area contributed by atoms with Crippen LogP contribution >= 0.6 is 0 Å². The first-order valence-electron chi connectivity index (χ1n) is 6.61. The average Bonchev–Trinajstić information content (AvgIpc) is 3.11. The molecule has 0 radical (unpaired) electrons. The van der Waals surface area contributed by atoms with Crippen molar-refractivity contribution in [2.45, 2.75) is 32.4 Å². The molecule has 0 atom stereocenters. The summed E-state index contributed by atoms with van der Waals surface area (Å²) >= 11 is 0. The minimum atomic E-state index is -3.26. The summed E-state index contributed by atoms with van der Waals surface area (Å²) < 4.78 is 29.1. The molecule has 110 valence electrons. The molecular formula is C13H18N2O4S. The molecule has 1 heterocycles. The minimum Gasteiger partial charge on any atom is -0.462 e. The second-order valence-corrected chi connectivity index (χ2v) is 7.11.